The van der Waals surface area contributed by atoms with E-state index in [-0.39, 0.29) is 17.9 Å². The van der Waals surface area contributed by atoms with Crippen LogP contribution in [-0.4, -0.2) is 46.0 Å². The van der Waals surface area contributed by atoms with Crippen molar-refractivity contribution in [2.45, 2.75) is 32.2 Å². The summed E-state index contributed by atoms with van der Waals surface area (Å²) in [6.45, 7) is 2.66. The zero-order valence-electron chi connectivity index (χ0n) is 14.2. The molecular weight excluding hydrogens is 322 g/mol. The predicted molar refractivity (Wildman–Crippen MR) is 92.3 cm³/mol. The van der Waals surface area contributed by atoms with Crippen molar-refractivity contribution in [1.82, 2.24) is 25.9 Å². The third-order valence-electron chi connectivity index (χ3n) is 4.17. The minimum atomic E-state index is -0.313. The molecule has 2 amide bonds. The van der Waals surface area contributed by atoms with Crippen molar-refractivity contribution in [2.24, 2.45) is 0 Å². The first-order chi connectivity index (χ1) is 12.1. The van der Waals surface area contributed by atoms with E-state index in [9.17, 15) is 9.59 Å². The van der Waals surface area contributed by atoms with Gasteiger partial charge in [-0.2, -0.15) is 5.21 Å². The van der Waals surface area contributed by atoms with Gasteiger partial charge in [0.2, 0.25) is 5.91 Å². The van der Waals surface area contributed by atoms with Crippen molar-refractivity contribution in [3.8, 4) is 0 Å². The second-order valence-electron chi connectivity index (χ2n) is 6.04. The monoisotopic (exact) mass is 343 g/mol. The Bertz CT molecular complexity index is 760. The Balaban J connectivity index is 1.81. The molecule has 3 N–H and O–H groups in total. The van der Waals surface area contributed by atoms with Crippen LogP contribution in [0.25, 0.3) is 0 Å². The van der Waals surface area contributed by atoms with Gasteiger partial charge in [0.15, 0.2) is 5.82 Å². The Morgan fingerprint density at radius 1 is 1.44 bits per heavy atom. The fourth-order valence-electron chi connectivity index (χ4n) is 2.83. The number of anilines is 2. The number of aromatic amines is 1. The van der Waals surface area contributed by atoms with Gasteiger partial charge in [-0.15, -0.1) is 10.2 Å². The summed E-state index contributed by atoms with van der Waals surface area (Å²) in [4.78, 5) is 26.5. The van der Waals surface area contributed by atoms with E-state index in [1.165, 1.54) is 0 Å². The van der Waals surface area contributed by atoms with Crippen LogP contribution in [0.2, 0.25) is 0 Å². The van der Waals surface area contributed by atoms with Gasteiger partial charge in [-0.3, -0.25) is 9.59 Å². The summed E-state index contributed by atoms with van der Waals surface area (Å²) in [5.41, 5.74) is 2.01. The topological polar surface area (TPSA) is 116 Å². The third kappa shape index (κ3) is 3.76. The van der Waals surface area contributed by atoms with Gasteiger partial charge in [0, 0.05) is 25.6 Å². The molecule has 2 heterocycles. The number of rotatable bonds is 5. The second kappa shape index (κ2) is 7.29. The lowest BCUT2D eigenvalue weighted by atomic mass is 10.1. The lowest BCUT2D eigenvalue weighted by Crippen LogP contribution is -2.29. The summed E-state index contributed by atoms with van der Waals surface area (Å²) < 4.78 is 0. The van der Waals surface area contributed by atoms with E-state index < -0.39 is 0 Å². The average Bonchev–Trinajstić information content (AvgIpc) is 3.09. The van der Waals surface area contributed by atoms with Crippen LogP contribution in [-0.2, 0) is 4.79 Å². The molecule has 0 bridgehead atoms. The quantitative estimate of drug-likeness (QED) is 0.752. The number of hydrogen-bond acceptors (Lipinski definition) is 6. The number of carbonyl (C=O) groups excluding carboxylic acids is 2. The third-order valence-corrected chi connectivity index (χ3v) is 4.17. The summed E-state index contributed by atoms with van der Waals surface area (Å²) in [7, 11) is 1.92. The molecule has 0 fully saturated rings. The van der Waals surface area contributed by atoms with Crippen LogP contribution in [0.4, 0.5) is 11.4 Å². The van der Waals surface area contributed by atoms with Crippen LogP contribution >= 0.6 is 0 Å². The van der Waals surface area contributed by atoms with Crippen molar-refractivity contribution in [3.63, 3.8) is 0 Å². The number of nitrogens with one attached hydrogen (secondary N) is 3. The zero-order chi connectivity index (χ0) is 17.8. The maximum atomic E-state index is 12.6. The number of benzene rings is 1. The van der Waals surface area contributed by atoms with Crippen molar-refractivity contribution >= 4 is 23.2 Å². The first kappa shape index (κ1) is 16.9. The molecule has 0 unspecified atom stereocenters. The molecule has 1 atom stereocenters. The molecule has 1 aliphatic rings. The standard InChI is InChI=1S/C16H21N7O2/c1-3-4-11(15-19-21-22-20-15)18-16(25)10-5-6-13-12(9-10)17-14(24)7-8-23(13)2/h5-6,9,11H,3-4,7-8H2,1-2H3,(H,17,24)(H,18,25)(H,19,20,21,22)/t11-/m1/s1. The highest BCUT2D eigenvalue weighted by Crippen LogP contribution is 2.29. The molecule has 132 valence electrons. The first-order valence-electron chi connectivity index (χ1n) is 8.27. The Morgan fingerprint density at radius 3 is 3.00 bits per heavy atom. The summed E-state index contributed by atoms with van der Waals surface area (Å²) in [6.07, 6.45) is 1.99. The van der Waals surface area contributed by atoms with Crippen LogP contribution in [0.5, 0.6) is 0 Å². The van der Waals surface area contributed by atoms with E-state index in [0.29, 0.717) is 36.5 Å². The van der Waals surface area contributed by atoms with E-state index in [2.05, 4.69) is 31.3 Å². The maximum absolute atomic E-state index is 12.6. The molecule has 0 saturated carbocycles. The van der Waals surface area contributed by atoms with E-state index >= 15 is 0 Å². The number of tetrazole rings is 1. The minimum absolute atomic E-state index is 0.0567. The van der Waals surface area contributed by atoms with E-state index in [1.54, 1.807) is 12.1 Å². The van der Waals surface area contributed by atoms with E-state index in [0.717, 1.165) is 12.1 Å². The summed E-state index contributed by atoms with van der Waals surface area (Å²) in [6, 6.07) is 4.98. The molecule has 2 aromatic rings. The molecule has 3 rings (SSSR count). The van der Waals surface area contributed by atoms with Crippen LogP contribution in [0.3, 0.4) is 0 Å². The van der Waals surface area contributed by atoms with Gasteiger partial charge in [0.1, 0.15) is 0 Å². The highest BCUT2D eigenvalue weighted by atomic mass is 16.2. The molecule has 0 radical (unpaired) electrons. The Morgan fingerprint density at radius 2 is 2.28 bits per heavy atom. The fourth-order valence-corrected chi connectivity index (χ4v) is 2.83. The lowest BCUT2D eigenvalue weighted by Gasteiger charge is -2.19. The molecule has 0 spiro atoms. The molecular formula is C16H21N7O2. The average molecular weight is 343 g/mol. The number of fused-ring (bicyclic) bond motifs is 1. The minimum Gasteiger partial charge on any atom is -0.372 e. The van der Waals surface area contributed by atoms with Crippen LogP contribution in [0, 0.1) is 0 Å². The molecule has 1 aliphatic heterocycles. The highest BCUT2D eigenvalue weighted by molar-refractivity contribution is 6.01. The van der Waals surface area contributed by atoms with Gasteiger partial charge >= 0.3 is 0 Å². The van der Waals surface area contributed by atoms with Crippen LogP contribution in [0.1, 0.15) is 48.4 Å². The van der Waals surface area contributed by atoms with Gasteiger partial charge in [-0.25, -0.2) is 0 Å². The van der Waals surface area contributed by atoms with Gasteiger partial charge < -0.3 is 15.5 Å². The molecule has 9 heteroatoms. The Kier molecular flexibility index (Phi) is 4.92. The number of H-pyrrole nitrogens is 1. The summed E-state index contributed by atoms with van der Waals surface area (Å²) in [5.74, 6) is 0.156. The number of aromatic nitrogens is 4. The van der Waals surface area contributed by atoms with Crippen LogP contribution < -0.4 is 15.5 Å². The summed E-state index contributed by atoms with van der Waals surface area (Å²) >= 11 is 0. The number of amides is 2. The van der Waals surface area contributed by atoms with E-state index in [1.807, 2.05) is 24.9 Å². The maximum Gasteiger partial charge on any atom is 0.251 e. The largest absolute Gasteiger partial charge is 0.372 e. The van der Waals surface area contributed by atoms with E-state index in [4.69, 9.17) is 0 Å². The molecule has 0 aliphatic carbocycles. The van der Waals surface area contributed by atoms with Gasteiger partial charge in [-0.1, -0.05) is 18.6 Å². The van der Waals surface area contributed by atoms with Crippen molar-refractivity contribution in [2.75, 3.05) is 23.8 Å². The predicted octanol–water partition coefficient (Wildman–Crippen LogP) is 1.25. The summed E-state index contributed by atoms with van der Waals surface area (Å²) in [5, 5.41) is 19.7. The fraction of sp³-hybridized carbons (Fsp3) is 0.438. The highest BCUT2D eigenvalue weighted by Gasteiger charge is 2.21. The molecule has 1 aromatic carbocycles. The lowest BCUT2D eigenvalue weighted by molar-refractivity contribution is -0.115. The SMILES string of the molecule is CCC[C@@H](NC(=O)c1ccc2c(c1)NC(=O)CCN2C)c1nn[nH]n1. The number of hydrogen-bond donors (Lipinski definition) is 3. The molecule has 9 nitrogen and oxygen atoms in total. The van der Waals surface area contributed by atoms with Gasteiger partial charge in [-0.05, 0) is 24.6 Å². The Hall–Kier alpha value is -2.97. The normalized spacial score (nSPS) is 15.1. The van der Waals surface area contributed by atoms with Crippen molar-refractivity contribution < 1.29 is 9.59 Å². The number of nitrogens with zero attached hydrogens (tertiary/aromatic N) is 4. The van der Waals surface area contributed by atoms with Crippen LogP contribution in [0.15, 0.2) is 18.2 Å². The number of carbonyl (C=O) groups is 2. The molecule has 0 saturated heterocycles. The van der Waals surface area contributed by atoms with Crippen molar-refractivity contribution in [3.05, 3.63) is 29.6 Å². The van der Waals surface area contributed by atoms with Crippen molar-refractivity contribution in [1.29, 1.82) is 0 Å². The smallest absolute Gasteiger partial charge is 0.251 e. The molecule has 1 aromatic heterocycles. The molecule has 25 heavy (non-hydrogen) atoms. The zero-order valence-corrected chi connectivity index (χ0v) is 14.2. The van der Waals surface area contributed by atoms with Gasteiger partial charge in [0.25, 0.3) is 5.91 Å². The van der Waals surface area contributed by atoms with Gasteiger partial charge in [0.05, 0.1) is 17.4 Å². The first-order valence-corrected chi connectivity index (χ1v) is 8.27. The Labute approximate surface area is 145 Å². The second-order valence-corrected chi connectivity index (χ2v) is 6.04.